The number of hydrogen-bond acceptors (Lipinski definition) is 3. The zero-order valence-corrected chi connectivity index (χ0v) is 10.7. The summed E-state index contributed by atoms with van der Waals surface area (Å²) in [5.41, 5.74) is 3.14. The molecule has 2 aromatic rings. The molecular weight excluding hydrogens is 214 g/mol. The lowest BCUT2D eigenvalue weighted by atomic mass is 10.2. The lowest BCUT2D eigenvalue weighted by molar-refractivity contribution is 0.106. The number of methoxy groups -OCH3 is 1. The van der Waals surface area contributed by atoms with Crippen molar-refractivity contribution in [2.24, 2.45) is 0 Å². The van der Waals surface area contributed by atoms with Gasteiger partial charge in [-0.15, -0.1) is 0 Å². The highest BCUT2D eigenvalue weighted by Gasteiger charge is 2.11. The number of anilines is 1. The molecule has 0 aliphatic carbocycles. The second-order valence-electron chi connectivity index (χ2n) is 4.43. The maximum atomic E-state index is 5.29. The molecule has 2 unspecified atom stereocenters. The summed E-state index contributed by atoms with van der Waals surface area (Å²) in [5.74, 6) is 0.940. The fraction of sp³-hybridized carbons (Fsp3) is 0.462. The van der Waals surface area contributed by atoms with E-state index >= 15 is 0 Å². The van der Waals surface area contributed by atoms with Crippen LogP contribution in [-0.4, -0.2) is 29.2 Å². The Kier molecular flexibility index (Phi) is 3.33. The smallest absolute Gasteiger partial charge is 0.104 e. The van der Waals surface area contributed by atoms with Crippen LogP contribution in [0.4, 0.5) is 5.69 Å². The first kappa shape index (κ1) is 11.9. The first-order chi connectivity index (χ1) is 8.10. The van der Waals surface area contributed by atoms with Crippen LogP contribution in [0.3, 0.4) is 0 Å². The van der Waals surface area contributed by atoms with Crippen LogP contribution in [0, 0.1) is 6.92 Å². The van der Waals surface area contributed by atoms with Crippen LogP contribution in [-0.2, 0) is 4.74 Å². The Morgan fingerprint density at radius 2 is 2.12 bits per heavy atom. The Morgan fingerprint density at radius 3 is 2.82 bits per heavy atom. The molecule has 0 fully saturated rings. The zero-order valence-electron chi connectivity index (χ0n) is 10.7. The Bertz CT molecular complexity index is 506. The molecule has 0 aliphatic heterocycles. The summed E-state index contributed by atoms with van der Waals surface area (Å²) in [4.78, 5) is 7.61. The van der Waals surface area contributed by atoms with Gasteiger partial charge in [0, 0.05) is 18.8 Å². The number of rotatable bonds is 4. The number of aromatic amines is 1. The van der Waals surface area contributed by atoms with Gasteiger partial charge in [0.25, 0.3) is 0 Å². The number of benzene rings is 1. The van der Waals surface area contributed by atoms with E-state index in [0.717, 1.165) is 22.5 Å². The summed E-state index contributed by atoms with van der Waals surface area (Å²) >= 11 is 0. The first-order valence-electron chi connectivity index (χ1n) is 5.86. The normalized spacial score (nSPS) is 14.8. The van der Waals surface area contributed by atoms with Crippen molar-refractivity contribution in [3.63, 3.8) is 0 Å². The summed E-state index contributed by atoms with van der Waals surface area (Å²) < 4.78 is 5.29. The van der Waals surface area contributed by atoms with Crippen LogP contribution in [0.2, 0.25) is 0 Å². The Balaban J connectivity index is 2.18. The molecule has 1 aromatic carbocycles. The zero-order chi connectivity index (χ0) is 12.4. The molecule has 2 rings (SSSR count). The average Bonchev–Trinajstić information content (AvgIpc) is 2.67. The predicted octanol–water partition coefficient (Wildman–Crippen LogP) is 2.71. The third-order valence-electron chi connectivity index (χ3n) is 3.07. The van der Waals surface area contributed by atoms with Crippen LogP contribution >= 0.6 is 0 Å². The number of nitrogens with one attached hydrogen (secondary N) is 2. The van der Waals surface area contributed by atoms with Crippen LogP contribution in [0.25, 0.3) is 11.0 Å². The van der Waals surface area contributed by atoms with Gasteiger partial charge < -0.3 is 15.0 Å². The Labute approximate surface area is 101 Å². The molecule has 2 atom stereocenters. The number of fused-ring (bicyclic) bond motifs is 1. The van der Waals surface area contributed by atoms with E-state index < -0.39 is 0 Å². The van der Waals surface area contributed by atoms with Gasteiger partial charge in [-0.2, -0.15) is 0 Å². The van der Waals surface area contributed by atoms with Crippen molar-refractivity contribution in [1.29, 1.82) is 0 Å². The van der Waals surface area contributed by atoms with E-state index in [2.05, 4.69) is 35.2 Å². The van der Waals surface area contributed by atoms with Crippen molar-refractivity contribution in [2.45, 2.75) is 32.9 Å². The highest BCUT2D eigenvalue weighted by Crippen LogP contribution is 2.18. The Hall–Kier alpha value is -1.55. The SMILES string of the molecule is COC(C)C(C)Nc1ccc2nc(C)[nH]c2c1. The number of nitrogens with zero attached hydrogens (tertiary/aromatic N) is 1. The molecule has 1 aromatic heterocycles. The minimum absolute atomic E-state index is 0.175. The highest BCUT2D eigenvalue weighted by atomic mass is 16.5. The fourth-order valence-corrected chi connectivity index (χ4v) is 1.81. The van der Waals surface area contributed by atoms with Crippen molar-refractivity contribution in [3.05, 3.63) is 24.0 Å². The monoisotopic (exact) mass is 233 g/mol. The van der Waals surface area contributed by atoms with E-state index in [1.54, 1.807) is 7.11 Å². The molecule has 0 aliphatic rings. The molecule has 0 amide bonds. The number of H-pyrrole nitrogens is 1. The minimum Gasteiger partial charge on any atom is -0.380 e. The molecule has 17 heavy (non-hydrogen) atoms. The summed E-state index contributed by atoms with van der Waals surface area (Å²) in [6, 6.07) is 6.41. The summed E-state index contributed by atoms with van der Waals surface area (Å²) in [6.45, 7) is 6.12. The van der Waals surface area contributed by atoms with Gasteiger partial charge >= 0.3 is 0 Å². The Morgan fingerprint density at radius 1 is 1.35 bits per heavy atom. The highest BCUT2D eigenvalue weighted by molar-refractivity contribution is 5.79. The third-order valence-corrected chi connectivity index (χ3v) is 3.07. The number of hydrogen-bond donors (Lipinski definition) is 2. The lowest BCUT2D eigenvalue weighted by Crippen LogP contribution is -2.29. The van der Waals surface area contributed by atoms with Crippen LogP contribution < -0.4 is 5.32 Å². The predicted molar refractivity (Wildman–Crippen MR) is 70.4 cm³/mol. The molecule has 0 saturated heterocycles. The number of imidazole rings is 1. The van der Waals surface area contributed by atoms with Crippen molar-refractivity contribution in [3.8, 4) is 0 Å². The summed E-state index contributed by atoms with van der Waals surface area (Å²) in [6.07, 6.45) is 0.175. The molecule has 0 saturated carbocycles. The minimum atomic E-state index is 0.175. The summed E-state index contributed by atoms with van der Waals surface area (Å²) in [7, 11) is 1.73. The maximum Gasteiger partial charge on any atom is 0.104 e. The molecule has 2 N–H and O–H groups in total. The number of ether oxygens (including phenoxy) is 1. The van der Waals surface area contributed by atoms with Gasteiger partial charge in [0.1, 0.15) is 5.82 Å². The molecule has 0 radical (unpaired) electrons. The molecular formula is C13H19N3O. The van der Waals surface area contributed by atoms with E-state index in [1.165, 1.54) is 0 Å². The van der Waals surface area contributed by atoms with Crippen molar-refractivity contribution < 1.29 is 4.74 Å². The van der Waals surface area contributed by atoms with E-state index in [9.17, 15) is 0 Å². The number of aryl methyl sites for hydroxylation is 1. The fourth-order valence-electron chi connectivity index (χ4n) is 1.81. The van der Waals surface area contributed by atoms with E-state index in [-0.39, 0.29) is 12.1 Å². The molecule has 4 heteroatoms. The summed E-state index contributed by atoms with van der Waals surface area (Å²) in [5, 5.41) is 3.42. The topological polar surface area (TPSA) is 49.9 Å². The largest absolute Gasteiger partial charge is 0.380 e. The van der Waals surface area contributed by atoms with Gasteiger partial charge in [-0.25, -0.2) is 4.98 Å². The van der Waals surface area contributed by atoms with Gasteiger partial charge in [0.05, 0.1) is 17.1 Å². The second-order valence-corrected chi connectivity index (χ2v) is 4.43. The van der Waals surface area contributed by atoms with Gasteiger partial charge in [0.15, 0.2) is 0 Å². The standard InChI is InChI=1S/C13H19N3O/c1-8(9(2)17-4)14-11-5-6-12-13(7-11)16-10(3)15-12/h5-9,14H,1-4H3,(H,15,16). The third kappa shape index (κ3) is 2.58. The van der Waals surface area contributed by atoms with E-state index in [1.807, 2.05) is 19.1 Å². The van der Waals surface area contributed by atoms with Gasteiger partial charge in [-0.05, 0) is 39.0 Å². The van der Waals surface area contributed by atoms with Gasteiger partial charge in [0.2, 0.25) is 0 Å². The quantitative estimate of drug-likeness (QED) is 0.853. The lowest BCUT2D eigenvalue weighted by Gasteiger charge is -2.20. The van der Waals surface area contributed by atoms with Crippen LogP contribution in [0.5, 0.6) is 0 Å². The molecule has 0 spiro atoms. The van der Waals surface area contributed by atoms with E-state index in [0.29, 0.717) is 0 Å². The van der Waals surface area contributed by atoms with Gasteiger partial charge in [-0.3, -0.25) is 0 Å². The van der Waals surface area contributed by atoms with Crippen molar-refractivity contribution in [2.75, 3.05) is 12.4 Å². The van der Waals surface area contributed by atoms with Crippen LogP contribution in [0.1, 0.15) is 19.7 Å². The van der Waals surface area contributed by atoms with Gasteiger partial charge in [-0.1, -0.05) is 0 Å². The number of aromatic nitrogens is 2. The van der Waals surface area contributed by atoms with Crippen molar-refractivity contribution >= 4 is 16.7 Å². The molecule has 4 nitrogen and oxygen atoms in total. The van der Waals surface area contributed by atoms with Crippen molar-refractivity contribution in [1.82, 2.24) is 9.97 Å². The average molecular weight is 233 g/mol. The molecule has 0 bridgehead atoms. The first-order valence-corrected chi connectivity index (χ1v) is 5.86. The maximum absolute atomic E-state index is 5.29. The van der Waals surface area contributed by atoms with Crippen LogP contribution in [0.15, 0.2) is 18.2 Å². The molecule has 1 heterocycles. The molecule has 92 valence electrons. The van der Waals surface area contributed by atoms with E-state index in [4.69, 9.17) is 4.74 Å². The second kappa shape index (κ2) is 4.75.